The molecule has 1 saturated heterocycles. The van der Waals surface area contributed by atoms with Crippen molar-refractivity contribution in [3.05, 3.63) is 29.8 Å². The third-order valence-electron chi connectivity index (χ3n) is 4.82. The van der Waals surface area contributed by atoms with Crippen molar-refractivity contribution in [3.63, 3.8) is 0 Å². The molecule has 0 saturated carbocycles. The van der Waals surface area contributed by atoms with Gasteiger partial charge in [0, 0.05) is 25.3 Å². The van der Waals surface area contributed by atoms with Crippen molar-refractivity contribution in [3.8, 4) is 0 Å². The molecule has 3 heteroatoms. The van der Waals surface area contributed by atoms with Crippen LogP contribution in [0.4, 0.5) is 5.69 Å². The van der Waals surface area contributed by atoms with Gasteiger partial charge >= 0.3 is 0 Å². The SMILES string of the molecule is CCN(c1ccccc1C)C1(CN)CCCN(C)CC1. The number of nitrogens with two attached hydrogens (primary N) is 1. The van der Waals surface area contributed by atoms with Crippen molar-refractivity contribution in [2.24, 2.45) is 5.73 Å². The summed E-state index contributed by atoms with van der Waals surface area (Å²) >= 11 is 0. The maximum atomic E-state index is 6.26. The Kier molecular flexibility index (Phi) is 5.06. The number of anilines is 1. The maximum absolute atomic E-state index is 6.26. The average Bonchev–Trinajstić information content (AvgIpc) is 2.65. The minimum atomic E-state index is 0.117. The van der Waals surface area contributed by atoms with Crippen molar-refractivity contribution in [1.82, 2.24) is 4.90 Å². The van der Waals surface area contributed by atoms with E-state index in [0.717, 1.165) is 26.1 Å². The van der Waals surface area contributed by atoms with Gasteiger partial charge in [-0.2, -0.15) is 0 Å². The smallest absolute Gasteiger partial charge is 0.0536 e. The van der Waals surface area contributed by atoms with Crippen molar-refractivity contribution in [2.75, 3.05) is 38.1 Å². The predicted molar refractivity (Wildman–Crippen MR) is 87.3 cm³/mol. The van der Waals surface area contributed by atoms with E-state index < -0.39 is 0 Å². The Morgan fingerprint density at radius 3 is 2.65 bits per heavy atom. The Hall–Kier alpha value is -1.06. The summed E-state index contributed by atoms with van der Waals surface area (Å²) in [5.74, 6) is 0. The molecule has 1 aliphatic rings. The highest BCUT2D eigenvalue weighted by molar-refractivity contribution is 5.55. The van der Waals surface area contributed by atoms with E-state index in [-0.39, 0.29) is 5.54 Å². The van der Waals surface area contributed by atoms with Crippen LogP contribution in [0.1, 0.15) is 31.7 Å². The molecular weight excluding hydrogens is 246 g/mol. The normalized spacial score (nSPS) is 24.4. The molecule has 0 amide bonds. The van der Waals surface area contributed by atoms with Gasteiger partial charge in [0.05, 0.1) is 5.54 Å². The Morgan fingerprint density at radius 1 is 1.25 bits per heavy atom. The molecular formula is C17H29N3. The van der Waals surface area contributed by atoms with Gasteiger partial charge in [0.15, 0.2) is 0 Å². The van der Waals surface area contributed by atoms with Gasteiger partial charge in [0.1, 0.15) is 0 Å². The quantitative estimate of drug-likeness (QED) is 0.917. The monoisotopic (exact) mass is 275 g/mol. The zero-order chi connectivity index (χ0) is 14.6. The lowest BCUT2D eigenvalue weighted by molar-refractivity contribution is 0.319. The fourth-order valence-corrected chi connectivity index (χ4v) is 3.53. The molecule has 0 aromatic heterocycles. The summed E-state index contributed by atoms with van der Waals surface area (Å²) < 4.78 is 0. The van der Waals surface area contributed by atoms with Crippen LogP contribution in [-0.2, 0) is 0 Å². The first-order valence-electron chi connectivity index (χ1n) is 7.85. The van der Waals surface area contributed by atoms with Crippen LogP contribution in [0.25, 0.3) is 0 Å². The second-order valence-corrected chi connectivity index (χ2v) is 6.12. The summed E-state index contributed by atoms with van der Waals surface area (Å²) in [5.41, 5.74) is 9.07. The topological polar surface area (TPSA) is 32.5 Å². The van der Waals surface area contributed by atoms with Crippen molar-refractivity contribution >= 4 is 5.69 Å². The molecule has 1 fully saturated rings. The molecule has 1 atom stereocenters. The van der Waals surface area contributed by atoms with E-state index in [0.29, 0.717) is 0 Å². The van der Waals surface area contributed by atoms with E-state index in [1.54, 1.807) is 0 Å². The standard InChI is InChI=1S/C17H29N3/c1-4-20(16-9-6-5-8-15(16)2)17(14-18)10-7-12-19(3)13-11-17/h5-6,8-9H,4,7,10-14,18H2,1-3H3. The van der Waals surface area contributed by atoms with E-state index in [2.05, 4.69) is 55.0 Å². The Bertz CT molecular complexity index is 432. The molecule has 1 heterocycles. The van der Waals surface area contributed by atoms with Crippen LogP contribution in [0.5, 0.6) is 0 Å². The number of aryl methyl sites for hydroxylation is 1. The number of rotatable bonds is 4. The number of likely N-dealkylation sites (N-methyl/N-ethyl adjacent to an activating group) is 1. The van der Waals surface area contributed by atoms with Crippen LogP contribution in [0, 0.1) is 6.92 Å². The summed E-state index contributed by atoms with van der Waals surface area (Å²) in [6, 6.07) is 8.69. The van der Waals surface area contributed by atoms with Crippen molar-refractivity contribution in [1.29, 1.82) is 0 Å². The first-order chi connectivity index (χ1) is 9.63. The van der Waals surface area contributed by atoms with Gasteiger partial charge in [0.25, 0.3) is 0 Å². The highest BCUT2D eigenvalue weighted by atomic mass is 15.2. The van der Waals surface area contributed by atoms with E-state index in [9.17, 15) is 0 Å². The second-order valence-electron chi connectivity index (χ2n) is 6.12. The zero-order valence-corrected chi connectivity index (χ0v) is 13.2. The fraction of sp³-hybridized carbons (Fsp3) is 0.647. The highest BCUT2D eigenvalue weighted by Gasteiger charge is 2.36. The fourth-order valence-electron chi connectivity index (χ4n) is 3.53. The second kappa shape index (κ2) is 6.59. The number of benzene rings is 1. The summed E-state index contributed by atoms with van der Waals surface area (Å²) in [4.78, 5) is 4.99. The average molecular weight is 275 g/mol. The molecule has 2 rings (SSSR count). The van der Waals surface area contributed by atoms with Crippen LogP contribution in [0.15, 0.2) is 24.3 Å². The van der Waals surface area contributed by atoms with Crippen LogP contribution in [0.3, 0.4) is 0 Å². The van der Waals surface area contributed by atoms with Gasteiger partial charge in [-0.25, -0.2) is 0 Å². The van der Waals surface area contributed by atoms with Gasteiger partial charge in [-0.1, -0.05) is 18.2 Å². The summed E-state index contributed by atoms with van der Waals surface area (Å²) in [6.07, 6.45) is 3.58. The van der Waals surface area contributed by atoms with Gasteiger partial charge in [-0.05, 0) is 58.3 Å². The minimum absolute atomic E-state index is 0.117. The predicted octanol–water partition coefficient (Wildman–Crippen LogP) is 2.63. The molecule has 20 heavy (non-hydrogen) atoms. The number of likely N-dealkylation sites (tertiary alicyclic amines) is 1. The van der Waals surface area contributed by atoms with E-state index in [1.807, 2.05) is 0 Å². The summed E-state index contributed by atoms with van der Waals surface area (Å²) in [7, 11) is 2.22. The molecule has 1 aromatic rings. The Labute approximate surface area is 123 Å². The molecule has 3 nitrogen and oxygen atoms in total. The third-order valence-corrected chi connectivity index (χ3v) is 4.82. The molecule has 0 aliphatic carbocycles. The number of para-hydroxylation sites is 1. The van der Waals surface area contributed by atoms with Crippen LogP contribution < -0.4 is 10.6 Å². The maximum Gasteiger partial charge on any atom is 0.0536 e. The van der Waals surface area contributed by atoms with Crippen molar-refractivity contribution < 1.29 is 0 Å². The summed E-state index contributed by atoms with van der Waals surface area (Å²) in [6.45, 7) is 8.53. The van der Waals surface area contributed by atoms with Gasteiger partial charge in [-0.3, -0.25) is 0 Å². The van der Waals surface area contributed by atoms with Crippen molar-refractivity contribution in [2.45, 2.75) is 38.6 Å². The first kappa shape index (κ1) is 15.3. The Balaban J connectivity index is 2.34. The molecule has 0 radical (unpaired) electrons. The molecule has 0 bridgehead atoms. The zero-order valence-electron chi connectivity index (χ0n) is 13.2. The van der Waals surface area contributed by atoms with Crippen LogP contribution in [-0.4, -0.2) is 43.7 Å². The number of hydrogen-bond donors (Lipinski definition) is 1. The molecule has 1 aliphatic heterocycles. The first-order valence-corrected chi connectivity index (χ1v) is 7.85. The van der Waals surface area contributed by atoms with Gasteiger partial charge in [0.2, 0.25) is 0 Å². The Morgan fingerprint density at radius 2 is 2.00 bits per heavy atom. The molecule has 1 unspecified atom stereocenters. The lowest BCUT2D eigenvalue weighted by atomic mass is 9.87. The highest BCUT2D eigenvalue weighted by Crippen LogP contribution is 2.33. The molecule has 112 valence electrons. The molecule has 2 N–H and O–H groups in total. The van der Waals surface area contributed by atoms with Gasteiger partial charge in [-0.15, -0.1) is 0 Å². The number of nitrogens with zero attached hydrogens (tertiary/aromatic N) is 2. The summed E-state index contributed by atoms with van der Waals surface area (Å²) in [5, 5.41) is 0. The molecule has 1 aromatic carbocycles. The minimum Gasteiger partial charge on any atom is -0.365 e. The molecule has 0 spiro atoms. The lowest BCUT2D eigenvalue weighted by Crippen LogP contribution is -2.55. The van der Waals surface area contributed by atoms with Gasteiger partial charge < -0.3 is 15.5 Å². The van der Waals surface area contributed by atoms with Crippen LogP contribution in [0.2, 0.25) is 0 Å². The van der Waals surface area contributed by atoms with Crippen LogP contribution >= 0.6 is 0 Å². The van der Waals surface area contributed by atoms with E-state index in [4.69, 9.17) is 5.73 Å². The van der Waals surface area contributed by atoms with E-state index >= 15 is 0 Å². The third kappa shape index (κ3) is 2.99. The largest absolute Gasteiger partial charge is 0.365 e. The van der Waals surface area contributed by atoms with E-state index in [1.165, 1.54) is 30.6 Å². The lowest BCUT2D eigenvalue weighted by Gasteiger charge is -2.45. The number of hydrogen-bond acceptors (Lipinski definition) is 3.